The van der Waals surface area contributed by atoms with Crippen LogP contribution in [0.5, 0.6) is 0 Å². The van der Waals surface area contributed by atoms with Crippen LogP contribution >= 0.6 is 0 Å². The molecule has 1 saturated carbocycles. The van der Waals surface area contributed by atoms with Crippen LogP contribution in [0.1, 0.15) is 45.1 Å². The van der Waals surface area contributed by atoms with Crippen LogP contribution in [0.15, 0.2) is 16.5 Å². The molecule has 1 aromatic rings. The molecule has 0 spiro atoms. The van der Waals surface area contributed by atoms with Gasteiger partial charge in [-0.15, -0.1) is 0 Å². The first-order valence-corrected chi connectivity index (χ1v) is 7.79. The smallest absolute Gasteiger partial charge is 0.226 e. The number of carbonyl (C=O) groups is 1. The minimum absolute atomic E-state index is 0.0355. The number of amides is 1. The maximum atomic E-state index is 12.8. The van der Waals surface area contributed by atoms with Gasteiger partial charge in [0.25, 0.3) is 0 Å². The van der Waals surface area contributed by atoms with E-state index in [1.807, 2.05) is 26.1 Å². The summed E-state index contributed by atoms with van der Waals surface area (Å²) in [5.41, 5.74) is 6.11. The minimum atomic E-state index is -0.0674. The number of nitrogens with zero attached hydrogens (tertiary/aromatic N) is 1. The summed E-state index contributed by atoms with van der Waals surface area (Å²) in [5.74, 6) is 2.30. The van der Waals surface area contributed by atoms with Crippen molar-refractivity contribution in [2.45, 2.75) is 53.1 Å². The Morgan fingerprint density at radius 2 is 2.10 bits per heavy atom. The molecule has 1 heterocycles. The number of carbonyl (C=O) groups excluding carboxylic acids is 1. The van der Waals surface area contributed by atoms with Crippen LogP contribution in [0.25, 0.3) is 0 Å². The van der Waals surface area contributed by atoms with Gasteiger partial charge in [0.2, 0.25) is 5.91 Å². The molecular weight excluding hydrogens is 264 g/mol. The molecule has 21 heavy (non-hydrogen) atoms. The summed E-state index contributed by atoms with van der Waals surface area (Å²) >= 11 is 0. The monoisotopic (exact) mass is 292 g/mol. The van der Waals surface area contributed by atoms with Crippen LogP contribution in [0.3, 0.4) is 0 Å². The molecule has 0 radical (unpaired) electrons. The highest BCUT2D eigenvalue weighted by Gasteiger charge is 2.45. The molecule has 0 saturated heterocycles. The van der Waals surface area contributed by atoms with Crippen molar-refractivity contribution >= 4 is 5.91 Å². The molecule has 4 nitrogen and oxygen atoms in total. The van der Waals surface area contributed by atoms with Gasteiger partial charge in [0.05, 0.1) is 6.54 Å². The molecule has 2 rings (SSSR count). The van der Waals surface area contributed by atoms with E-state index in [9.17, 15) is 4.79 Å². The quantitative estimate of drug-likeness (QED) is 0.931. The van der Waals surface area contributed by atoms with Gasteiger partial charge in [0, 0.05) is 19.0 Å². The molecule has 0 aromatic carbocycles. The number of hydrogen-bond acceptors (Lipinski definition) is 3. The average molecular weight is 292 g/mol. The lowest BCUT2D eigenvalue weighted by atomic mass is 9.61. The zero-order chi connectivity index (χ0) is 15.8. The van der Waals surface area contributed by atoms with E-state index in [1.165, 1.54) is 0 Å². The van der Waals surface area contributed by atoms with Gasteiger partial charge < -0.3 is 15.1 Å². The standard InChI is InChI=1S/C17H28N2O2/c1-11-6-7-13(21-11)10-19(5)16(20)14-8-9-15(18)12(2)17(14,3)4/h6-7,12,14-15H,8-10,18H2,1-5H3. The SMILES string of the molecule is Cc1ccc(CN(C)C(=O)C2CCC(N)C(C)C2(C)C)o1. The van der Waals surface area contributed by atoms with E-state index < -0.39 is 0 Å². The summed E-state index contributed by atoms with van der Waals surface area (Å²) in [4.78, 5) is 14.6. The van der Waals surface area contributed by atoms with Crippen LogP contribution in [0, 0.1) is 24.2 Å². The Labute approximate surface area is 127 Å². The van der Waals surface area contributed by atoms with Gasteiger partial charge in [0.1, 0.15) is 11.5 Å². The molecule has 118 valence electrons. The Morgan fingerprint density at radius 1 is 1.43 bits per heavy atom. The molecule has 1 aliphatic carbocycles. The second-order valence-electron chi connectivity index (χ2n) is 7.11. The molecule has 4 heteroatoms. The normalized spacial score (nSPS) is 28.4. The Bertz CT molecular complexity index is 507. The van der Waals surface area contributed by atoms with Crippen molar-refractivity contribution in [2.24, 2.45) is 23.0 Å². The van der Waals surface area contributed by atoms with E-state index in [2.05, 4.69) is 20.8 Å². The first kappa shape index (κ1) is 16.1. The lowest BCUT2D eigenvalue weighted by Crippen LogP contribution is -2.51. The second-order valence-corrected chi connectivity index (χ2v) is 7.11. The summed E-state index contributed by atoms with van der Waals surface area (Å²) in [6.07, 6.45) is 1.80. The summed E-state index contributed by atoms with van der Waals surface area (Å²) in [6.45, 7) is 8.95. The van der Waals surface area contributed by atoms with Gasteiger partial charge in [-0.05, 0) is 43.2 Å². The van der Waals surface area contributed by atoms with Crippen molar-refractivity contribution in [2.75, 3.05) is 7.05 Å². The third-order valence-electron chi connectivity index (χ3n) is 5.37. The van der Waals surface area contributed by atoms with Gasteiger partial charge in [-0.2, -0.15) is 0 Å². The van der Waals surface area contributed by atoms with E-state index in [1.54, 1.807) is 4.90 Å². The molecular formula is C17H28N2O2. The maximum absolute atomic E-state index is 12.8. The Morgan fingerprint density at radius 3 is 2.67 bits per heavy atom. The fourth-order valence-corrected chi connectivity index (χ4v) is 3.44. The molecule has 3 unspecified atom stereocenters. The topological polar surface area (TPSA) is 59.5 Å². The molecule has 1 aromatic heterocycles. The molecule has 1 aliphatic rings. The Balaban J connectivity index is 2.08. The Hall–Kier alpha value is -1.29. The highest BCUT2D eigenvalue weighted by Crippen LogP contribution is 2.45. The van der Waals surface area contributed by atoms with Crippen molar-refractivity contribution in [3.63, 3.8) is 0 Å². The predicted octanol–water partition coefficient (Wildman–Crippen LogP) is 2.95. The summed E-state index contributed by atoms with van der Waals surface area (Å²) in [5, 5.41) is 0. The molecule has 3 atom stereocenters. The summed E-state index contributed by atoms with van der Waals surface area (Å²) < 4.78 is 5.57. The lowest BCUT2D eigenvalue weighted by Gasteiger charge is -2.46. The number of furan rings is 1. The molecule has 0 bridgehead atoms. The fraction of sp³-hybridized carbons (Fsp3) is 0.706. The Kier molecular flexibility index (Phi) is 4.47. The van der Waals surface area contributed by atoms with Gasteiger partial charge in [0.15, 0.2) is 0 Å². The van der Waals surface area contributed by atoms with Crippen LogP contribution in [-0.2, 0) is 11.3 Å². The zero-order valence-electron chi connectivity index (χ0n) is 13.8. The number of nitrogens with two attached hydrogens (primary N) is 1. The van der Waals surface area contributed by atoms with E-state index in [-0.39, 0.29) is 23.3 Å². The van der Waals surface area contributed by atoms with Gasteiger partial charge in [-0.3, -0.25) is 4.79 Å². The average Bonchev–Trinajstić information content (AvgIpc) is 2.81. The van der Waals surface area contributed by atoms with E-state index >= 15 is 0 Å². The van der Waals surface area contributed by atoms with Crippen LogP contribution in [0.4, 0.5) is 0 Å². The van der Waals surface area contributed by atoms with Crippen LogP contribution < -0.4 is 5.73 Å². The van der Waals surface area contributed by atoms with Gasteiger partial charge in [-0.1, -0.05) is 20.8 Å². The van der Waals surface area contributed by atoms with Crippen molar-refractivity contribution in [3.05, 3.63) is 23.7 Å². The predicted molar refractivity (Wildman–Crippen MR) is 83.6 cm³/mol. The number of rotatable bonds is 3. The number of aryl methyl sites for hydroxylation is 1. The third-order valence-corrected chi connectivity index (χ3v) is 5.37. The highest BCUT2D eigenvalue weighted by atomic mass is 16.3. The van der Waals surface area contributed by atoms with Crippen molar-refractivity contribution in [3.8, 4) is 0 Å². The molecule has 1 amide bonds. The minimum Gasteiger partial charge on any atom is -0.464 e. The van der Waals surface area contributed by atoms with Crippen molar-refractivity contribution in [1.82, 2.24) is 4.90 Å². The lowest BCUT2D eigenvalue weighted by molar-refractivity contribution is -0.142. The van der Waals surface area contributed by atoms with Gasteiger partial charge >= 0.3 is 0 Å². The largest absolute Gasteiger partial charge is 0.464 e. The highest BCUT2D eigenvalue weighted by molar-refractivity contribution is 5.79. The van der Waals surface area contributed by atoms with Crippen molar-refractivity contribution < 1.29 is 9.21 Å². The first-order valence-electron chi connectivity index (χ1n) is 7.79. The zero-order valence-corrected chi connectivity index (χ0v) is 13.8. The maximum Gasteiger partial charge on any atom is 0.226 e. The first-order chi connectivity index (χ1) is 9.73. The third kappa shape index (κ3) is 3.15. The van der Waals surface area contributed by atoms with E-state index in [0.29, 0.717) is 12.5 Å². The van der Waals surface area contributed by atoms with E-state index in [4.69, 9.17) is 10.2 Å². The van der Waals surface area contributed by atoms with E-state index in [0.717, 1.165) is 24.4 Å². The summed E-state index contributed by atoms with van der Waals surface area (Å²) in [6, 6.07) is 4.06. The second kappa shape index (κ2) is 5.84. The molecule has 2 N–H and O–H groups in total. The fourth-order valence-electron chi connectivity index (χ4n) is 3.44. The van der Waals surface area contributed by atoms with Crippen LogP contribution in [-0.4, -0.2) is 23.9 Å². The molecule has 0 aliphatic heterocycles. The van der Waals surface area contributed by atoms with Gasteiger partial charge in [-0.25, -0.2) is 0 Å². The van der Waals surface area contributed by atoms with Crippen molar-refractivity contribution in [1.29, 1.82) is 0 Å². The summed E-state index contributed by atoms with van der Waals surface area (Å²) in [7, 11) is 1.86. The van der Waals surface area contributed by atoms with Crippen LogP contribution in [0.2, 0.25) is 0 Å². The number of hydrogen-bond donors (Lipinski definition) is 1. The molecule has 1 fully saturated rings.